The fourth-order valence-electron chi connectivity index (χ4n) is 7.40. The summed E-state index contributed by atoms with van der Waals surface area (Å²) in [6.45, 7) is 2.63. The van der Waals surface area contributed by atoms with Crippen LogP contribution in [0, 0.1) is 5.92 Å². The quantitative estimate of drug-likeness (QED) is 0.229. The number of hydrogen-bond donors (Lipinski definition) is 0. The molecule has 4 nitrogen and oxygen atoms in total. The van der Waals surface area contributed by atoms with E-state index in [-0.39, 0.29) is 30.0 Å². The number of amides is 1. The molecular formula is C35H47NO3. The molecule has 210 valence electrons. The van der Waals surface area contributed by atoms with Gasteiger partial charge in [-0.05, 0) is 54.4 Å². The number of unbranched alkanes of at least 4 members (excludes halogenated alkanes) is 9. The van der Waals surface area contributed by atoms with Gasteiger partial charge in [0, 0.05) is 30.3 Å². The summed E-state index contributed by atoms with van der Waals surface area (Å²) in [4.78, 5) is 28.3. The van der Waals surface area contributed by atoms with E-state index in [9.17, 15) is 9.59 Å². The van der Waals surface area contributed by atoms with Crippen molar-refractivity contribution in [1.82, 2.24) is 4.90 Å². The minimum absolute atomic E-state index is 0.0826. The molecule has 5 rings (SSSR count). The first-order valence-corrected chi connectivity index (χ1v) is 15.8. The Kier molecular flexibility index (Phi) is 9.76. The van der Waals surface area contributed by atoms with Gasteiger partial charge in [-0.15, -0.1) is 0 Å². The maximum absolute atomic E-state index is 13.3. The SMILES string of the molecule is CCCCCCCCCCCCC(=O)C1CC2CCC(C1)N2C(=O)OCC1c2ccccc2-c2ccccc21. The molecule has 0 spiro atoms. The monoisotopic (exact) mass is 529 g/mol. The highest BCUT2D eigenvalue weighted by Gasteiger charge is 2.45. The molecule has 2 aromatic carbocycles. The van der Waals surface area contributed by atoms with E-state index in [0.717, 1.165) is 32.1 Å². The van der Waals surface area contributed by atoms with Crippen molar-refractivity contribution in [2.45, 2.75) is 121 Å². The topological polar surface area (TPSA) is 46.6 Å². The van der Waals surface area contributed by atoms with Crippen molar-refractivity contribution in [1.29, 1.82) is 0 Å². The second kappa shape index (κ2) is 13.6. The molecule has 2 aliphatic heterocycles. The van der Waals surface area contributed by atoms with Crippen molar-refractivity contribution >= 4 is 11.9 Å². The van der Waals surface area contributed by atoms with E-state index in [1.54, 1.807) is 0 Å². The molecule has 0 radical (unpaired) electrons. The zero-order valence-electron chi connectivity index (χ0n) is 23.9. The lowest BCUT2D eigenvalue weighted by atomic mass is 9.85. The van der Waals surface area contributed by atoms with Gasteiger partial charge in [0.15, 0.2) is 0 Å². The third-order valence-electron chi connectivity index (χ3n) is 9.51. The largest absolute Gasteiger partial charge is 0.448 e. The van der Waals surface area contributed by atoms with Gasteiger partial charge in [0.25, 0.3) is 0 Å². The normalized spacial score (nSPS) is 21.6. The van der Waals surface area contributed by atoms with Crippen molar-refractivity contribution in [2.75, 3.05) is 6.61 Å². The van der Waals surface area contributed by atoms with Gasteiger partial charge >= 0.3 is 6.09 Å². The first-order valence-electron chi connectivity index (χ1n) is 15.8. The van der Waals surface area contributed by atoms with Gasteiger partial charge in [-0.2, -0.15) is 0 Å². The molecule has 39 heavy (non-hydrogen) atoms. The van der Waals surface area contributed by atoms with Crippen LogP contribution in [0.15, 0.2) is 48.5 Å². The van der Waals surface area contributed by atoms with E-state index < -0.39 is 0 Å². The van der Waals surface area contributed by atoms with Crippen LogP contribution in [-0.4, -0.2) is 35.5 Å². The van der Waals surface area contributed by atoms with Gasteiger partial charge in [-0.1, -0.05) is 113 Å². The zero-order valence-corrected chi connectivity index (χ0v) is 23.9. The summed E-state index contributed by atoms with van der Waals surface area (Å²) in [5, 5.41) is 0. The third kappa shape index (κ3) is 6.58. The van der Waals surface area contributed by atoms with E-state index in [0.29, 0.717) is 18.8 Å². The molecule has 1 aliphatic carbocycles. The van der Waals surface area contributed by atoms with Crippen LogP contribution >= 0.6 is 0 Å². The van der Waals surface area contributed by atoms with Crippen LogP contribution in [-0.2, 0) is 9.53 Å². The molecule has 3 aliphatic rings. The Morgan fingerprint density at radius 3 is 1.82 bits per heavy atom. The van der Waals surface area contributed by atoms with Gasteiger partial charge in [0.2, 0.25) is 0 Å². The Balaban J connectivity index is 1.05. The number of benzene rings is 2. The fraction of sp³-hybridized carbons (Fsp3) is 0.600. The summed E-state index contributed by atoms with van der Waals surface area (Å²) >= 11 is 0. The van der Waals surface area contributed by atoms with E-state index in [1.807, 2.05) is 4.90 Å². The predicted octanol–water partition coefficient (Wildman–Crippen LogP) is 9.06. The Morgan fingerprint density at radius 1 is 0.744 bits per heavy atom. The first kappa shape index (κ1) is 27.9. The van der Waals surface area contributed by atoms with Gasteiger partial charge in [0.1, 0.15) is 12.4 Å². The minimum Gasteiger partial charge on any atom is -0.448 e. The van der Waals surface area contributed by atoms with Gasteiger partial charge in [-0.25, -0.2) is 4.79 Å². The van der Waals surface area contributed by atoms with Crippen LogP contribution in [0.4, 0.5) is 4.79 Å². The van der Waals surface area contributed by atoms with Gasteiger partial charge in [-0.3, -0.25) is 4.79 Å². The van der Waals surface area contributed by atoms with Crippen molar-refractivity contribution in [3.8, 4) is 11.1 Å². The lowest BCUT2D eigenvalue weighted by molar-refractivity contribution is -0.125. The van der Waals surface area contributed by atoms with Crippen LogP contribution < -0.4 is 0 Å². The molecule has 2 fully saturated rings. The number of carbonyl (C=O) groups excluding carboxylic acids is 2. The van der Waals surface area contributed by atoms with Crippen LogP contribution in [0.5, 0.6) is 0 Å². The standard InChI is InChI=1S/C35H47NO3/c1-2-3-4-5-6-7-8-9-10-11-20-34(37)26-23-27-21-22-28(24-26)36(27)35(38)39-25-33-31-18-14-12-16-29(31)30-17-13-15-19-32(30)33/h12-19,26-28,33H,2-11,20-25H2,1H3. The Hall–Kier alpha value is -2.62. The fourth-order valence-corrected chi connectivity index (χ4v) is 7.40. The lowest BCUT2D eigenvalue weighted by Gasteiger charge is -2.37. The number of hydrogen-bond acceptors (Lipinski definition) is 3. The molecule has 4 heteroatoms. The molecule has 2 atom stereocenters. The zero-order chi connectivity index (χ0) is 27.0. The smallest absolute Gasteiger partial charge is 0.410 e. The highest BCUT2D eigenvalue weighted by Crippen LogP contribution is 2.45. The van der Waals surface area contributed by atoms with Crippen LogP contribution in [0.1, 0.15) is 120 Å². The van der Waals surface area contributed by atoms with E-state index >= 15 is 0 Å². The molecule has 0 saturated carbocycles. The molecule has 2 heterocycles. The number of rotatable bonds is 14. The summed E-state index contributed by atoms with van der Waals surface area (Å²) in [5.41, 5.74) is 4.98. The van der Waals surface area contributed by atoms with E-state index in [2.05, 4.69) is 55.5 Å². The van der Waals surface area contributed by atoms with Crippen molar-refractivity contribution in [2.24, 2.45) is 5.92 Å². The summed E-state index contributed by atoms with van der Waals surface area (Å²) in [7, 11) is 0. The van der Waals surface area contributed by atoms with Crippen molar-refractivity contribution in [3.05, 3.63) is 59.7 Å². The molecule has 0 aromatic heterocycles. The summed E-state index contributed by atoms with van der Waals surface area (Å²) in [6, 6.07) is 17.2. The average molecular weight is 530 g/mol. The third-order valence-corrected chi connectivity index (χ3v) is 9.51. The Morgan fingerprint density at radius 2 is 1.26 bits per heavy atom. The lowest BCUT2D eigenvalue weighted by Crippen LogP contribution is -2.48. The molecule has 2 bridgehead atoms. The van der Waals surface area contributed by atoms with Crippen LogP contribution in [0.25, 0.3) is 11.1 Å². The number of nitrogens with zero attached hydrogens (tertiary/aromatic N) is 1. The number of piperidine rings is 1. The summed E-state index contributed by atoms with van der Waals surface area (Å²) in [6.07, 6.45) is 17.1. The molecular weight excluding hydrogens is 482 g/mol. The summed E-state index contributed by atoms with van der Waals surface area (Å²) in [5.74, 6) is 0.636. The number of carbonyl (C=O) groups is 2. The highest BCUT2D eigenvalue weighted by molar-refractivity contribution is 5.82. The number of Topliss-reactive ketones (excluding diaryl/α,β-unsaturated/α-hetero) is 1. The second-order valence-electron chi connectivity index (χ2n) is 12.2. The molecule has 1 amide bonds. The number of ether oxygens (including phenoxy) is 1. The predicted molar refractivity (Wildman–Crippen MR) is 158 cm³/mol. The van der Waals surface area contributed by atoms with E-state index in [1.165, 1.54) is 80.0 Å². The highest BCUT2D eigenvalue weighted by atomic mass is 16.6. The maximum Gasteiger partial charge on any atom is 0.410 e. The van der Waals surface area contributed by atoms with Crippen molar-refractivity contribution in [3.63, 3.8) is 0 Å². The molecule has 0 N–H and O–H groups in total. The van der Waals surface area contributed by atoms with Gasteiger partial charge < -0.3 is 9.64 Å². The number of fused-ring (bicyclic) bond motifs is 5. The molecule has 2 unspecified atom stereocenters. The van der Waals surface area contributed by atoms with E-state index in [4.69, 9.17) is 4.74 Å². The maximum atomic E-state index is 13.3. The van der Waals surface area contributed by atoms with Crippen LogP contribution in [0.2, 0.25) is 0 Å². The average Bonchev–Trinajstić information content (AvgIpc) is 3.42. The minimum atomic E-state index is -0.190. The number of ketones is 1. The first-order chi connectivity index (χ1) is 19.2. The van der Waals surface area contributed by atoms with Gasteiger partial charge in [0.05, 0.1) is 0 Å². The Labute approximate surface area is 235 Å². The second-order valence-corrected chi connectivity index (χ2v) is 12.2. The van der Waals surface area contributed by atoms with Crippen molar-refractivity contribution < 1.29 is 14.3 Å². The molecule has 2 aromatic rings. The Bertz CT molecular complexity index is 1050. The molecule has 2 saturated heterocycles. The van der Waals surface area contributed by atoms with Crippen LogP contribution in [0.3, 0.4) is 0 Å². The summed E-state index contributed by atoms with van der Waals surface area (Å²) < 4.78 is 6.00.